The van der Waals surface area contributed by atoms with Gasteiger partial charge in [-0.2, -0.15) is 0 Å². The lowest BCUT2D eigenvalue weighted by Gasteiger charge is -2.11. The molecule has 0 N–H and O–H groups in total. The molecule has 0 unspecified atom stereocenters. The molecule has 0 aliphatic rings. The number of carbonyl (C=O) groups excluding carboxylic acids is 2. The molecule has 1 rings (SSSR count). The molecule has 0 bridgehead atoms. The van der Waals surface area contributed by atoms with Crippen LogP contribution in [0.4, 0.5) is 0 Å². The Morgan fingerprint density at radius 3 is 2.44 bits per heavy atom. The minimum Gasteiger partial charge on any atom is -0.496 e. The number of rotatable bonds is 5. The fourth-order valence-electron chi connectivity index (χ4n) is 1.56. The van der Waals surface area contributed by atoms with Crippen LogP contribution in [0.15, 0.2) is 18.2 Å². The number of carbonyl (C=O) groups is 2. The first-order valence-electron chi connectivity index (χ1n) is 5.90. The summed E-state index contributed by atoms with van der Waals surface area (Å²) >= 11 is 0. The second-order valence-electron chi connectivity index (χ2n) is 4.16. The number of methoxy groups -OCH3 is 1. The minimum atomic E-state index is -0.854. The molecule has 0 aromatic heterocycles. The van der Waals surface area contributed by atoms with E-state index in [1.165, 1.54) is 7.11 Å². The molecule has 0 saturated heterocycles. The zero-order valence-electron chi connectivity index (χ0n) is 11.1. The molecular weight excluding hydrogens is 232 g/mol. The van der Waals surface area contributed by atoms with Gasteiger partial charge in [0.25, 0.3) is 5.78 Å². The van der Waals surface area contributed by atoms with E-state index in [9.17, 15) is 9.59 Å². The fourth-order valence-corrected chi connectivity index (χ4v) is 1.56. The van der Waals surface area contributed by atoms with Gasteiger partial charge in [-0.05, 0) is 30.5 Å². The molecule has 4 heteroatoms. The van der Waals surface area contributed by atoms with Gasteiger partial charge in [0, 0.05) is 0 Å². The highest BCUT2D eigenvalue weighted by Gasteiger charge is 2.21. The van der Waals surface area contributed by atoms with Gasteiger partial charge in [0.1, 0.15) is 5.75 Å². The topological polar surface area (TPSA) is 52.6 Å². The highest BCUT2D eigenvalue weighted by atomic mass is 16.5. The molecule has 0 aliphatic carbocycles. The average molecular weight is 250 g/mol. The molecule has 0 fully saturated rings. The largest absolute Gasteiger partial charge is 0.496 e. The molecule has 98 valence electrons. The van der Waals surface area contributed by atoms with Crippen LogP contribution in [0.3, 0.4) is 0 Å². The zero-order valence-corrected chi connectivity index (χ0v) is 11.1. The third-order valence-corrected chi connectivity index (χ3v) is 2.60. The summed E-state index contributed by atoms with van der Waals surface area (Å²) in [5.41, 5.74) is 1.28. The Kier molecular flexibility index (Phi) is 4.89. The van der Waals surface area contributed by atoms with Crippen LogP contribution in [0.5, 0.6) is 5.75 Å². The monoisotopic (exact) mass is 250 g/mol. The molecule has 0 amide bonds. The summed E-state index contributed by atoms with van der Waals surface area (Å²) < 4.78 is 9.85. The molecule has 0 aliphatic heterocycles. The summed E-state index contributed by atoms with van der Waals surface area (Å²) in [6.45, 7) is 5.92. The van der Waals surface area contributed by atoms with E-state index in [4.69, 9.17) is 9.47 Å². The third-order valence-electron chi connectivity index (χ3n) is 2.60. The van der Waals surface area contributed by atoms with Gasteiger partial charge in [0.2, 0.25) is 0 Å². The summed E-state index contributed by atoms with van der Waals surface area (Å²) in [5, 5.41) is 0. The lowest BCUT2D eigenvalue weighted by Crippen LogP contribution is -2.18. The van der Waals surface area contributed by atoms with E-state index in [1.54, 1.807) is 19.1 Å². The van der Waals surface area contributed by atoms with Crippen molar-refractivity contribution in [1.82, 2.24) is 0 Å². The summed E-state index contributed by atoms with van der Waals surface area (Å²) in [5.74, 6) is -0.804. The van der Waals surface area contributed by atoms with E-state index in [0.29, 0.717) is 11.7 Å². The van der Waals surface area contributed by atoms with Crippen molar-refractivity contribution in [2.45, 2.75) is 26.7 Å². The summed E-state index contributed by atoms with van der Waals surface area (Å²) in [4.78, 5) is 23.2. The summed E-state index contributed by atoms with van der Waals surface area (Å²) in [6, 6.07) is 5.20. The van der Waals surface area contributed by atoms with Crippen LogP contribution in [0.2, 0.25) is 0 Å². The van der Waals surface area contributed by atoms with E-state index in [0.717, 1.165) is 5.56 Å². The van der Waals surface area contributed by atoms with Crippen molar-refractivity contribution in [2.24, 2.45) is 0 Å². The smallest absolute Gasteiger partial charge is 0.379 e. The minimum absolute atomic E-state index is 0.178. The first-order chi connectivity index (χ1) is 8.51. The highest BCUT2D eigenvalue weighted by Crippen LogP contribution is 2.25. The third kappa shape index (κ3) is 3.09. The Bertz CT molecular complexity index is 449. The fraction of sp³-hybridized carbons (Fsp3) is 0.429. The Labute approximate surface area is 107 Å². The van der Waals surface area contributed by atoms with Crippen LogP contribution in [0.1, 0.15) is 42.6 Å². The second-order valence-corrected chi connectivity index (χ2v) is 4.16. The Balaban J connectivity index is 3.09. The van der Waals surface area contributed by atoms with E-state index in [2.05, 4.69) is 0 Å². The van der Waals surface area contributed by atoms with Crippen molar-refractivity contribution >= 4 is 11.8 Å². The predicted molar refractivity (Wildman–Crippen MR) is 68.0 cm³/mol. The maximum atomic E-state index is 11.8. The SMILES string of the molecule is CCOC(=O)C(=O)c1ccc(C(C)C)cc1OC. The second kappa shape index (κ2) is 6.19. The molecule has 0 spiro atoms. The van der Waals surface area contributed by atoms with E-state index in [1.807, 2.05) is 19.9 Å². The lowest BCUT2D eigenvalue weighted by atomic mass is 9.99. The molecular formula is C14H18O4. The van der Waals surface area contributed by atoms with Crippen LogP contribution in [-0.2, 0) is 9.53 Å². The predicted octanol–water partition coefficient (Wildman–Crippen LogP) is 2.56. The number of ketones is 1. The maximum Gasteiger partial charge on any atom is 0.379 e. The van der Waals surface area contributed by atoms with Gasteiger partial charge in [-0.3, -0.25) is 4.79 Å². The standard InChI is InChI=1S/C14H18O4/c1-5-18-14(16)13(15)11-7-6-10(9(2)3)8-12(11)17-4/h6-9H,5H2,1-4H3. The summed E-state index contributed by atoms with van der Waals surface area (Å²) in [6.07, 6.45) is 0. The van der Waals surface area contributed by atoms with Crippen molar-refractivity contribution in [3.05, 3.63) is 29.3 Å². The molecule has 18 heavy (non-hydrogen) atoms. The van der Waals surface area contributed by atoms with Crippen LogP contribution in [-0.4, -0.2) is 25.5 Å². The molecule has 0 radical (unpaired) electrons. The number of ether oxygens (including phenoxy) is 2. The number of hydrogen-bond donors (Lipinski definition) is 0. The van der Waals surface area contributed by atoms with Crippen LogP contribution >= 0.6 is 0 Å². The van der Waals surface area contributed by atoms with Gasteiger partial charge >= 0.3 is 5.97 Å². The van der Waals surface area contributed by atoms with Crippen molar-refractivity contribution in [3.63, 3.8) is 0 Å². The van der Waals surface area contributed by atoms with Crippen molar-refractivity contribution in [1.29, 1.82) is 0 Å². The molecule has 1 aromatic carbocycles. The van der Waals surface area contributed by atoms with E-state index < -0.39 is 11.8 Å². The van der Waals surface area contributed by atoms with Crippen LogP contribution in [0.25, 0.3) is 0 Å². The Morgan fingerprint density at radius 1 is 1.28 bits per heavy atom. The highest BCUT2D eigenvalue weighted by molar-refractivity contribution is 6.41. The van der Waals surface area contributed by atoms with Gasteiger partial charge in [0.15, 0.2) is 0 Å². The van der Waals surface area contributed by atoms with Gasteiger partial charge in [-0.15, -0.1) is 0 Å². The molecule has 0 atom stereocenters. The normalized spacial score (nSPS) is 10.3. The zero-order chi connectivity index (χ0) is 13.7. The number of esters is 1. The quantitative estimate of drug-likeness (QED) is 0.458. The molecule has 1 aromatic rings. The maximum absolute atomic E-state index is 11.8. The van der Waals surface area contributed by atoms with E-state index >= 15 is 0 Å². The first-order valence-corrected chi connectivity index (χ1v) is 5.90. The summed E-state index contributed by atoms with van der Waals surface area (Å²) in [7, 11) is 1.47. The Morgan fingerprint density at radius 2 is 1.94 bits per heavy atom. The molecule has 4 nitrogen and oxygen atoms in total. The van der Waals surface area contributed by atoms with Gasteiger partial charge < -0.3 is 9.47 Å². The lowest BCUT2D eigenvalue weighted by molar-refractivity contribution is -0.137. The van der Waals surface area contributed by atoms with Gasteiger partial charge in [-0.1, -0.05) is 19.9 Å². The molecule has 0 saturated carbocycles. The number of Topliss-reactive ketones (excluding diaryl/α,β-unsaturated/α-hetero) is 1. The average Bonchev–Trinajstić information content (AvgIpc) is 2.37. The van der Waals surface area contributed by atoms with Gasteiger partial charge in [-0.25, -0.2) is 4.79 Å². The van der Waals surface area contributed by atoms with Crippen LogP contribution in [0, 0.1) is 0 Å². The first kappa shape index (κ1) is 14.2. The van der Waals surface area contributed by atoms with Crippen molar-refractivity contribution in [2.75, 3.05) is 13.7 Å². The molecule has 0 heterocycles. The van der Waals surface area contributed by atoms with Crippen LogP contribution < -0.4 is 4.74 Å². The Hall–Kier alpha value is -1.84. The van der Waals surface area contributed by atoms with E-state index in [-0.39, 0.29) is 12.2 Å². The van der Waals surface area contributed by atoms with Crippen molar-refractivity contribution in [3.8, 4) is 5.75 Å². The van der Waals surface area contributed by atoms with Crippen molar-refractivity contribution < 1.29 is 19.1 Å². The van der Waals surface area contributed by atoms with Gasteiger partial charge in [0.05, 0.1) is 19.3 Å². The number of benzene rings is 1. The number of hydrogen-bond acceptors (Lipinski definition) is 4.